The van der Waals surface area contributed by atoms with Gasteiger partial charge in [-0.2, -0.15) is 5.10 Å². The van der Waals surface area contributed by atoms with E-state index >= 15 is 0 Å². The molecule has 8 heteroatoms. The number of hydrazone groups is 1. The fourth-order valence-electron chi connectivity index (χ4n) is 2.18. The maximum atomic E-state index is 10.4. The number of allylic oxidation sites excluding steroid dienone is 2. The lowest BCUT2D eigenvalue weighted by Crippen LogP contribution is -2.02. The lowest BCUT2D eigenvalue weighted by molar-refractivity contribution is -0.109. The minimum Gasteiger partial charge on any atom is -0.398 e. The Kier molecular flexibility index (Phi) is 9.34. The number of rotatable bonds is 8. The molecule has 0 aliphatic rings. The highest BCUT2D eigenvalue weighted by atomic mass is 32.1. The van der Waals surface area contributed by atoms with Crippen LogP contribution in [0.5, 0.6) is 0 Å². The Bertz CT molecular complexity index is 782. The molecule has 0 bridgehead atoms. The summed E-state index contributed by atoms with van der Waals surface area (Å²) in [5, 5.41) is 14.4. The van der Waals surface area contributed by atoms with Crippen LogP contribution in [0.2, 0.25) is 0 Å². The summed E-state index contributed by atoms with van der Waals surface area (Å²) in [6.45, 7) is 4.00. The second-order valence-electron chi connectivity index (χ2n) is 4.71. The van der Waals surface area contributed by atoms with Gasteiger partial charge in [0.05, 0.1) is 16.6 Å². The van der Waals surface area contributed by atoms with E-state index in [9.17, 15) is 4.79 Å². The monoisotopic (exact) mass is 372 g/mol. The maximum absolute atomic E-state index is 10.4. The highest BCUT2D eigenvalue weighted by Gasteiger charge is 2.10. The lowest BCUT2D eigenvalue weighted by atomic mass is 10.0. The van der Waals surface area contributed by atoms with Gasteiger partial charge < -0.3 is 16.5 Å². The average Bonchev–Trinajstić information content (AvgIpc) is 3.15. The average molecular weight is 372 g/mol. The van der Waals surface area contributed by atoms with Crippen molar-refractivity contribution >= 4 is 47.3 Å². The van der Waals surface area contributed by atoms with Crippen LogP contribution in [-0.4, -0.2) is 30.9 Å². The second kappa shape index (κ2) is 11.5. The predicted octanol–water partition coefficient (Wildman–Crippen LogP) is 3.15. The van der Waals surface area contributed by atoms with Gasteiger partial charge in [0.1, 0.15) is 5.82 Å². The van der Waals surface area contributed by atoms with E-state index in [-0.39, 0.29) is 0 Å². The molecule has 0 saturated heterocycles. The summed E-state index contributed by atoms with van der Waals surface area (Å²) < 4.78 is 0. The smallest absolute Gasteiger partial charge is 0.227 e. The van der Waals surface area contributed by atoms with E-state index in [4.69, 9.17) is 11.1 Å². The SMILES string of the molecule is CC.CNc1ncsc1C(/C=N\NC=O)=C/Cc1cccc(N)c1C=N. The number of nitrogens with zero attached hydrogens (tertiary/aromatic N) is 2. The largest absolute Gasteiger partial charge is 0.398 e. The highest BCUT2D eigenvalue weighted by Crippen LogP contribution is 2.27. The molecule has 0 aliphatic heterocycles. The van der Waals surface area contributed by atoms with Crippen molar-refractivity contribution in [2.75, 3.05) is 18.1 Å². The van der Waals surface area contributed by atoms with E-state index in [2.05, 4.69) is 20.8 Å². The molecule has 1 aromatic carbocycles. The number of nitrogens with two attached hydrogens (primary N) is 1. The molecule has 1 amide bonds. The molecule has 5 N–H and O–H groups in total. The first kappa shape index (κ1) is 21.0. The number of thiazole rings is 1. The number of benzene rings is 1. The van der Waals surface area contributed by atoms with E-state index in [1.807, 2.05) is 32.1 Å². The van der Waals surface area contributed by atoms with Crippen LogP contribution in [-0.2, 0) is 11.2 Å². The molecule has 138 valence electrons. The summed E-state index contributed by atoms with van der Waals surface area (Å²) in [6.07, 6.45) is 5.86. The van der Waals surface area contributed by atoms with Crippen LogP contribution in [0.25, 0.3) is 5.57 Å². The van der Waals surface area contributed by atoms with Crippen molar-refractivity contribution in [1.29, 1.82) is 5.41 Å². The van der Waals surface area contributed by atoms with Gasteiger partial charge in [-0.3, -0.25) is 4.79 Å². The summed E-state index contributed by atoms with van der Waals surface area (Å²) in [6, 6.07) is 5.56. The van der Waals surface area contributed by atoms with Gasteiger partial charge in [-0.1, -0.05) is 32.1 Å². The molecular weight excluding hydrogens is 348 g/mol. The third kappa shape index (κ3) is 5.52. The van der Waals surface area contributed by atoms with Gasteiger partial charge in [0.2, 0.25) is 6.41 Å². The Labute approximate surface area is 157 Å². The molecule has 7 nitrogen and oxygen atoms in total. The normalized spacial score (nSPS) is 10.8. The van der Waals surface area contributed by atoms with E-state index in [1.165, 1.54) is 17.6 Å². The van der Waals surface area contributed by atoms with Gasteiger partial charge in [0.15, 0.2) is 0 Å². The van der Waals surface area contributed by atoms with Gasteiger partial charge in [-0.25, -0.2) is 10.4 Å². The van der Waals surface area contributed by atoms with Crippen molar-refractivity contribution in [3.63, 3.8) is 0 Å². The third-order valence-electron chi connectivity index (χ3n) is 3.31. The Morgan fingerprint density at radius 2 is 2.19 bits per heavy atom. The molecule has 1 heterocycles. The first-order chi connectivity index (χ1) is 12.7. The quantitative estimate of drug-likeness (QED) is 0.246. The summed E-state index contributed by atoms with van der Waals surface area (Å²) in [7, 11) is 1.79. The van der Waals surface area contributed by atoms with Crippen LogP contribution in [0.3, 0.4) is 0 Å². The number of carbonyl (C=O) groups is 1. The molecule has 0 aliphatic carbocycles. The van der Waals surface area contributed by atoms with Crippen molar-refractivity contribution < 1.29 is 4.79 Å². The molecule has 2 aromatic rings. The Morgan fingerprint density at radius 3 is 2.85 bits per heavy atom. The summed E-state index contributed by atoms with van der Waals surface area (Å²) in [5.41, 5.74) is 12.9. The first-order valence-electron chi connectivity index (χ1n) is 8.13. The lowest BCUT2D eigenvalue weighted by Gasteiger charge is -2.07. The fraction of sp³-hybridized carbons (Fsp3) is 0.222. The third-order valence-corrected chi connectivity index (χ3v) is 4.19. The fourth-order valence-corrected chi connectivity index (χ4v) is 2.98. The molecule has 0 spiro atoms. The van der Waals surface area contributed by atoms with Gasteiger partial charge in [-0.05, 0) is 18.1 Å². The standard InChI is InChI=1S/C16H18N6OS.C2H6/c1-19-16-15(24-10-20-16)12(8-21-22-9-23)6-5-11-3-2-4-14(18)13(11)7-17;1-2/h2-4,6-10,17,19H,5,18H2,1H3,(H,22,23);1-2H3/b12-6+,17-7?,21-8-;. The molecule has 0 fully saturated rings. The van der Waals surface area contributed by atoms with Gasteiger partial charge in [0, 0.05) is 30.1 Å². The first-order valence-corrected chi connectivity index (χ1v) is 9.01. The van der Waals surface area contributed by atoms with Crippen LogP contribution in [0.15, 0.2) is 34.9 Å². The van der Waals surface area contributed by atoms with E-state index < -0.39 is 0 Å². The molecular formula is C18H24N6OS. The summed E-state index contributed by atoms with van der Waals surface area (Å²) >= 11 is 1.47. The zero-order chi connectivity index (χ0) is 19.4. The topological polar surface area (TPSA) is 116 Å². The van der Waals surface area contributed by atoms with E-state index in [1.54, 1.807) is 24.8 Å². The van der Waals surface area contributed by atoms with Crippen LogP contribution in [0.1, 0.15) is 29.9 Å². The van der Waals surface area contributed by atoms with Crippen molar-refractivity contribution in [2.45, 2.75) is 20.3 Å². The number of nitrogen functional groups attached to an aromatic ring is 1. The predicted molar refractivity (Wildman–Crippen MR) is 111 cm³/mol. The van der Waals surface area contributed by atoms with Crippen molar-refractivity contribution in [2.24, 2.45) is 5.10 Å². The van der Waals surface area contributed by atoms with Crippen LogP contribution >= 0.6 is 11.3 Å². The van der Waals surface area contributed by atoms with Gasteiger partial charge in [0.25, 0.3) is 0 Å². The molecule has 0 radical (unpaired) electrons. The highest BCUT2D eigenvalue weighted by molar-refractivity contribution is 7.11. The number of hydrogen-bond acceptors (Lipinski definition) is 7. The van der Waals surface area contributed by atoms with Gasteiger partial charge in [-0.15, -0.1) is 11.3 Å². The van der Waals surface area contributed by atoms with Gasteiger partial charge >= 0.3 is 0 Å². The Hall–Kier alpha value is -3.00. The number of amides is 1. The number of aromatic nitrogens is 1. The zero-order valence-electron chi connectivity index (χ0n) is 15.1. The Morgan fingerprint density at radius 1 is 1.42 bits per heavy atom. The number of hydrogen-bond donors (Lipinski definition) is 4. The molecule has 0 unspecified atom stereocenters. The summed E-state index contributed by atoms with van der Waals surface area (Å²) in [4.78, 5) is 15.5. The van der Waals surface area contributed by atoms with Crippen molar-refractivity contribution in [3.05, 3.63) is 45.8 Å². The molecule has 1 aromatic heterocycles. The van der Waals surface area contributed by atoms with Crippen LogP contribution in [0.4, 0.5) is 11.5 Å². The maximum Gasteiger partial charge on any atom is 0.227 e. The minimum atomic E-state index is 0.505. The van der Waals surface area contributed by atoms with Crippen LogP contribution in [0, 0.1) is 5.41 Å². The van der Waals surface area contributed by atoms with E-state index in [0.717, 1.165) is 21.8 Å². The van der Waals surface area contributed by atoms with E-state index in [0.29, 0.717) is 24.1 Å². The Balaban J connectivity index is 0.00000163. The number of carbonyl (C=O) groups excluding carboxylic acids is 1. The minimum absolute atomic E-state index is 0.505. The summed E-state index contributed by atoms with van der Waals surface area (Å²) in [5.74, 6) is 0.739. The van der Waals surface area contributed by atoms with Crippen LogP contribution < -0.4 is 16.5 Å². The molecule has 0 atom stereocenters. The van der Waals surface area contributed by atoms with Crippen molar-refractivity contribution in [1.82, 2.24) is 10.4 Å². The second-order valence-corrected chi connectivity index (χ2v) is 5.57. The molecule has 0 saturated carbocycles. The number of anilines is 2. The molecule has 2 rings (SSSR count). The zero-order valence-corrected chi connectivity index (χ0v) is 15.9. The number of nitrogens with one attached hydrogen (secondary N) is 3. The van der Waals surface area contributed by atoms with Crippen molar-refractivity contribution in [3.8, 4) is 0 Å². The molecule has 26 heavy (non-hydrogen) atoms.